The minimum Gasteiger partial charge on any atom is -0.380 e. The molecule has 4 nitrogen and oxygen atoms in total. The summed E-state index contributed by atoms with van der Waals surface area (Å²) < 4.78 is 13.0. The van der Waals surface area contributed by atoms with E-state index in [0.29, 0.717) is 18.0 Å². The van der Waals surface area contributed by atoms with Crippen LogP contribution in [0.1, 0.15) is 41.3 Å². The molecule has 3 rings (SSSR count). The molecule has 0 saturated carbocycles. The van der Waals surface area contributed by atoms with Gasteiger partial charge in [0.25, 0.3) is 5.91 Å². The molecule has 0 saturated heterocycles. The summed E-state index contributed by atoms with van der Waals surface area (Å²) in [6.07, 6.45) is 3.18. The fraction of sp³-hybridized carbons (Fsp3) is 0.182. The number of hydrogen-bond acceptors (Lipinski definition) is 3. The van der Waals surface area contributed by atoms with E-state index >= 15 is 0 Å². The number of aromatic nitrogens is 1. The Kier molecular flexibility index (Phi) is 5.81. The topological polar surface area (TPSA) is 54.0 Å². The van der Waals surface area contributed by atoms with Gasteiger partial charge in [0.15, 0.2) is 0 Å². The monoisotopic (exact) mass is 363 g/mol. The summed E-state index contributed by atoms with van der Waals surface area (Å²) in [5.41, 5.74) is 4.10. The Morgan fingerprint density at radius 1 is 1.00 bits per heavy atom. The van der Waals surface area contributed by atoms with E-state index in [1.54, 1.807) is 24.4 Å². The minimum absolute atomic E-state index is 0.217. The predicted octanol–water partition coefficient (Wildman–Crippen LogP) is 5.21. The van der Waals surface area contributed by atoms with E-state index < -0.39 is 0 Å². The molecule has 27 heavy (non-hydrogen) atoms. The normalized spacial score (nSPS) is 10.7. The first-order valence-corrected chi connectivity index (χ1v) is 8.86. The number of anilines is 2. The summed E-state index contributed by atoms with van der Waals surface area (Å²) in [5, 5.41) is 6.08. The van der Waals surface area contributed by atoms with E-state index in [0.717, 1.165) is 16.9 Å². The van der Waals surface area contributed by atoms with Crippen LogP contribution in [0.25, 0.3) is 0 Å². The third kappa shape index (κ3) is 5.14. The number of benzene rings is 2. The second-order valence-electron chi connectivity index (χ2n) is 6.67. The molecule has 138 valence electrons. The average molecular weight is 363 g/mol. The van der Waals surface area contributed by atoms with Gasteiger partial charge in [0.1, 0.15) is 5.82 Å². The first-order valence-electron chi connectivity index (χ1n) is 8.86. The summed E-state index contributed by atoms with van der Waals surface area (Å²) in [6.45, 7) is 4.77. The fourth-order valence-electron chi connectivity index (χ4n) is 2.62. The van der Waals surface area contributed by atoms with Crippen LogP contribution in [0.5, 0.6) is 0 Å². The number of amides is 1. The van der Waals surface area contributed by atoms with Gasteiger partial charge >= 0.3 is 0 Å². The van der Waals surface area contributed by atoms with Crippen molar-refractivity contribution in [3.05, 3.63) is 89.5 Å². The smallest absolute Gasteiger partial charge is 0.257 e. The van der Waals surface area contributed by atoms with Gasteiger partial charge in [0.2, 0.25) is 0 Å². The van der Waals surface area contributed by atoms with Crippen LogP contribution in [0.2, 0.25) is 0 Å². The molecule has 0 unspecified atom stereocenters. The zero-order chi connectivity index (χ0) is 19.2. The third-order valence-corrected chi connectivity index (χ3v) is 4.25. The number of nitrogens with one attached hydrogen (secondary N) is 2. The molecule has 0 aliphatic heterocycles. The Bertz CT molecular complexity index is 906. The molecule has 2 N–H and O–H groups in total. The van der Waals surface area contributed by atoms with E-state index in [1.165, 1.54) is 23.9 Å². The van der Waals surface area contributed by atoms with Crippen molar-refractivity contribution in [2.75, 3.05) is 10.6 Å². The zero-order valence-electron chi connectivity index (χ0n) is 15.4. The molecule has 0 radical (unpaired) electrons. The average Bonchev–Trinajstić information content (AvgIpc) is 2.68. The summed E-state index contributed by atoms with van der Waals surface area (Å²) in [7, 11) is 0. The molecule has 1 amide bonds. The number of carbonyl (C=O) groups is 1. The van der Waals surface area contributed by atoms with E-state index in [2.05, 4.69) is 29.5 Å². The van der Waals surface area contributed by atoms with Gasteiger partial charge in [-0.3, -0.25) is 9.78 Å². The highest BCUT2D eigenvalue weighted by Crippen LogP contribution is 2.18. The Morgan fingerprint density at radius 3 is 2.37 bits per heavy atom. The van der Waals surface area contributed by atoms with Crippen molar-refractivity contribution < 1.29 is 9.18 Å². The summed E-state index contributed by atoms with van der Waals surface area (Å²) in [5.74, 6) is -0.0337. The maximum Gasteiger partial charge on any atom is 0.257 e. The summed E-state index contributed by atoms with van der Waals surface area (Å²) >= 11 is 0. The second kappa shape index (κ2) is 8.45. The van der Waals surface area contributed by atoms with Crippen LogP contribution in [0.15, 0.2) is 67.0 Å². The van der Waals surface area contributed by atoms with Gasteiger partial charge < -0.3 is 10.6 Å². The number of carbonyl (C=O) groups excluding carboxylic acids is 1. The molecule has 0 aliphatic rings. The van der Waals surface area contributed by atoms with E-state index in [9.17, 15) is 9.18 Å². The highest BCUT2D eigenvalue weighted by molar-refractivity contribution is 6.04. The first kappa shape index (κ1) is 18.6. The Morgan fingerprint density at radius 2 is 1.70 bits per heavy atom. The SMILES string of the molecule is CC(C)c1ccc(NC(=O)c2cncc(NCc3ccc(F)cc3)c2)cc1. The molecule has 0 aliphatic carbocycles. The molecular formula is C22H22FN3O. The van der Waals surface area contributed by atoms with Crippen LogP contribution in [0, 0.1) is 5.82 Å². The Hall–Kier alpha value is -3.21. The number of pyridine rings is 1. The van der Waals surface area contributed by atoms with Crippen molar-refractivity contribution in [2.24, 2.45) is 0 Å². The van der Waals surface area contributed by atoms with Crippen LogP contribution < -0.4 is 10.6 Å². The lowest BCUT2D eigenvalue weighted by Gasteiger charge is -2.10. The van der Waals surface area contributed by atoms with Crippen LogP contribution in [0.3, 0.4) is 0 Å². The highest BCUT2D eigenvalue weighted by atomic mass is 19.1. The summed E-state index contributed by atoms with van der Waals surface area (Å²) in [4.78, 5) is 16.6. The molecule has 0 fully saturated rings. The Labute approximate surface area is 158 Å². The molecule has 3 aromatic rings. The van der Waals surface area contributed by atoms with Gasteiger partial charge in [-0.05, 0) is 47.4 Å². The molecule has 0 atom stereocenters. The molecular weight excluding hydrogens is 341 g/mol. The lowest BCUT2D eigenvalue weighted by Crippen LogP contribution is -2.13. The van der Waals surface area contributed by atoms with E-state index in [-0.39, 0.29) is 11.7 Å². The van der Waals surface area contributed by atoms with Crippen molar-refractivity contribution in [3.8, 4) is 0 Å². The molecule has 2 aromatic carbocycles. The molecule has 0 spiro atoms. The number of nitrogens with zero attached hydrogens (tertiary/aromatic N) is 1. The van der Waals surface area contributed by atoms with Crippen molar-refractivity contribution in [1.29, 1.82) is 0 Å². The molecule has 1 heterocycles. The van der Waals surface area contributed by atoms with E-state index in [1.807, 2.05) is 24.3 Å². The number of rotatable bonds is 6. The van der Waals surface area contributed by atoms with Crippen LogP contribution in [-0.2, 0) is 6.54 Å². The van der Waals surface area contributed by atoms with Gasteiger partial charge in [-0.15, -0.1) is 0 Å². The molecule has 0 bridgehead atoms. The zero-order valence-corrected chi connectivity index (χ0v) is 15.4. The van der Waals surface area contributed by atoms with Gasteiger partial charge in [0, 0.05) is 24.6 Å². The second-order valence-corrected chi connectivity index (χ2v) is 6.67. The highest BCUT2D eigenvalue weighted by Gasteiger charge is 2.08. The van der Waals surface area contributed by atoms with Gasteiger partial charge in [-0.1, -0.05) is 38.1 Å². The van der Waals surface area contributed by atoms with Crippen molar-refractivity contribution in [3.63, 3.8) is 0 Å². The third-order valence-electron chi connectivity index (χ3n) is 4.25. The van der Waals surface area contributed by atoms with Crippen molar-refractivity contribution >= 4 is 17.3 Å². The lowest BCUT2D eigenvalue weighted by molar-refractivity contribution is 0.102. The quantitative estimate of drug-likeness (QED) is 0.632. The maximum atomic E-state index is 13.0. The minimum atomic E-state index is -0.263. The van der Waals surface area contributed by atoms with E-state index in [4.69, 9.17) is 0 Å². The largest absolute Gasteiger partial charge is 0.380 e. The molecule has 5 heteroatoms. The van der Waals surface area contributed by atoms with Gasteiger partial charge in [0.05, 0.1) is 11.3 Å². The maximum absolute atomic E-state index is 13.0. The first-order chi connectivity index (χ1) is 13.0. The van der Waals surface area contributed by atoms with Crippen molar-refractivity contribution in [2.45, 2.75) is 26.3 Å². The number of hydrogen-bond donors (Lipinski definition) is 2. The van der Waals surface area contributed by atoms with Crippen LogP contribution in [0.4, 0.5) is 15.8 Å². The van der Waals surface area contributed by atoms with Crippen LogP contribution >= 0.6 is 0 Å². The van der Waals surface area contributed by atoms with Crippen LogP contribution in [-0.4, -0.2) is 10.9 Å². The number of halogens is 1. The van der Waals surface area contributed by atoms with Gasteiger partial charge in [-0.2, -0.15) is 0 Å². The lowest BCUT2D eigenvalue weighted by atomic mass is 10.0. The predicted molar refractivity (Wildman–Crippen MR) is 106 cm³/mol. The standard InChI is InChI=1S/C22H22FN3O/c1-15(2)17-5-9-20(10-6-17)26-22(27)18-11-21(14-24-13-18)25-12-16-3-7-19(23)8-4-16/h3-11,13-15,25H,12H2,1-2H3,(H,26,27). The summed E-state index contributed by atoms with van der Waals surface area (Å²) in [6, 6.07) is 15.8. The molecule has 1 aromatic heterocycles. The fourth-order valence-corrected chi connectivity index (χ4v) is 2.62. The van der Waals surface area contributed by atoms with Gasteiger partial charge in [-0.25, -0.2) is 4.39 Å². The van der Waals surface area contributed by atoms with Crippen molar-refractivity contribution in [1.82, 2.24) is 4.98 Å². The Balaban J connectivity index is 1.63.